The second kappa shape index (κ2) is 5.88. The molecule has 0 saturated carbocycles. The summed E-state index contributed by atoms with van der Waals surface area (Å²) in [5.74, 6) is 0.612. The zero-order chi connectivity index (χ0) is 13.0. The highest BCUT2D eigenvalue weighted by Crippen LogP contribution is 2.27. The molecular weight excluding hydrogens is 222 g/mol. The number of rotatable bonds is 3. The molecule has 0 aromatic heterocycles. The van der Waals surface area contributed by atoms with Gasteiger partial charge in [-0.05, 0) is 24.0 Å². The van der Waals surface area contributed by atoms with Gasteiger partial charge in [-0.1, -0.05) is 26.0 Å². The van der Waals surface area contributed by atoms with E-state index in [2.05, 4.69) is 36.2 Å². The zero-order valence-electron chi connectivity index (χ0n) is 11.2. The Bertz CT molecular complexity index is 440. The molecule has 1 aliphatic heterocycles. The van der Waals surface area contributed by atoms with E-state index in [0.717, 1.165) is 43.9 Å². The van der Waals surface area contributed by atoms with E-state index in [4.69, 9.17) is 0 Å². The second-order valence-corrected chi connectivity index (χ2v) is 5.26. The maximum atomic E-state index is 9.32. The largest absolute Gasteiger partial charge is 0.368 e. The molecule has 18 heavy (non-hydrogen) atoms. The molecule has 2 rings (SSSR count). The van der Waals surface area contributed by atoms with E-state index in [9.17, 15) is 5.26 Å². The van der Waals surface area contributed by atoms with Gasteiger partial charge in [-0.25, -0.2) is 0 Å². The van der Waals surface area contributed by atoms with Gasteiger partial charge in [0, 0.05) is 26.2 Å². The molecule has 1 aromatic carbocycles. The molecule has 1 heterocycles. The molecule has 1 fully saturated rings. The zero-order valence-corrected chi connectivity index (χ0v) is 11.2. The molecular formula is C15H21N3. The molecule has 1 N–H and O–H groups in total. The summed E-state index contributed by atoms with van der Waals surface area (Å²) < 4.78 is 0. The fourth-order valence-electron chi connectivity index (χ4n) is 2.55. The minimum atomic E-state index is 0.612. The molecule has 0 aliphatic carbocycles. The number of para-hydroxylation sites is 1. The average Bonchev–Trinajstić information content (AvgIpc) is 2.38. The topological polar surface area (TPSA) is 39.1 Å². The van der Waals surface area contributed by atoms with Crippen molar-refractivity contribution in [1.29, 1.82) is 5.26 Å². The molecule has 3 heteroatoms. The van der Waals surface area contributed by atoms with Crippen molar-refractivity contribution < 1.29 is 0 Å². The number of benzene rings is 1. The van der Waals surface area contributed by atoms with Gasteiger partial charge < -0.3 is 10.2 Å². The van der Waals surface area contributed by atoms with Crippen LogP contribution in [0.2, 0.25) is 0 Å². The van der Waals surface area contributed by atoms with Crippen LogP contribution in [0.25, 0.3) is 0 Å². The molecule has 0 spiro atoms. The van der Waals surface area contributed by atoms with E-state index >= 15 is 0 Å². The summed E-state index contributed by atoms with van der Waals surface area (Å²) in [4.78, 5) is 2.35. The summed E-state index contributed by atoms with van der Waals surface area (Å²) in [6, 6.07) is 8.44. The van der Waals surface area contributed by atoms with Crippen molar-refractivity contribution >= 4 is 5.69 Å². The van der Waals surface area contributed by atoms with Gasteiger partial charge in [0.2, 0.25) is 0 Å². The fourth-order valence-corrected chi connectivity index (χ4v) is 2.55. The summed E-state index contributed by atoms with van der Waals surface area (Å²) in [6.07, 6.45) is 1.04. The van der Waals surface area contributed by atoms with E-state index in [-0.39, 0.29) is 0 Å². The number of nitriles is 1. The van der Waals surface area contributed by atoms with Gasteiger partial charge >= 0.3 is 0 Å². The predicted molar refractivity (Wildman–Crippen MR) is 74.8 cm³/mol. The minimum Gasteiger partial charge on any atom is -0.368 e. The Hall–Kier alpha value is -1.53. The predicted octanol–water partition coefficient (Wildman–Crippen LogP) is 2.17. The monoisotopic (exact) mass is 243 g/mol. The van der Waals surface area contributed by atoms with E-state index in [1.165, 1.54) is 5.56 Å². The van der Waals surface area contributed by atoms with Crippen LogP contribution in [0.1, 0.15) is 25.0 Å². The van der Waals surface area contributed by atoms with Crippen molar-refractivity contribution in [2.45, 2.75) is 20.3 Å². The number of nitrogens with one attached hydrogen (secondary N) is 1. The molecule has 0 radical (unpaired) electrons. The molecule has 0 bridgehead atoms. The lowest BCUT2D eigenvalue weighted by atomic mass is 9.97. The third-order valence-electron chi connectivity index (χ3n) is 3.30. The van der Waals surface area contributed by atoms with Crippen LogP contribution >= 0.6 is 0 Å². The summed E-state index contributed by atoms with van der Waals surface area (Å²) in [7, 11) is 0. The second-order valence-electron chi connectivity index (χ2n) is 5.26. The van der Waals surface area contributed by atoms with E-state index in [0.29, 0.717) is 5.92 Å². The first-order valence-electron chi connectivity index (χ1n) is 6.70. The standard InChI is InChI=1S/C15H21N3/c1-12(2)10-13-4-3-5-14(11-16)15(13)18-8-6-17-7-9-18/h3-5,12,17H,6-10H2,1-2H3. The van der Waals surface area contributed by atoms with Crippen molar-refractivity contribution in [3.8, 4) is 6.07 Å². The van der Waals surface area contributed by atoms with E-state index in [1.54, 1.807) is 0 Å². The summed E-state index contributed by atoms with van der Waals surface area (Å²) >= 11 is 0. The highest BCUT2D eigenvalue weighted by molar-refractivity contribution is 5.64. The van der Waals surface area contributed by atoms with Crippen molar-refractivity contribution in [2.24, 2.45) is 5.92 Å². The maximum absolute atomic E-state index is 9.32. The van der Waals surface area contributed by atoms with Crippen molar-refractivity contribution in [1.82, 2.24) is 5.32 Å². The van der Waals surface area contributed by atoms with Crippen molar-refractivity contribution in [2.75, 3.05) is 31.1 Å². The molecule has 1 saturated heterocycles. The maximum Gasteiger partial charge on any atom is 0.101 e. The van der Waals surface area contributed by atoms with Crippen molar-refractivity contribution in [3.63, 3.8) is 0 Å². The van der Waals surface area contributed by atoms with Crippen LogP contribution in [-0.2, 0) is 6.42 Å². The number of hydrogen-bond donors (Lipinski definition) is 1. The highest BCUT2D eigenvalue weighted by atomic mass is 15.2. The SMILES string of the molecule is CC(C)Cc1cccc(C#N)c1N1CCNCC1. The van der Waals surface area contributed by atoms with Crippen LogP contribution < -0.4 is 10.2 Å². The van der Waals surface area contributed by atoms with Crippen LogP contribution in [0.4, 0.5) is 5.69 Å². The van der Waals surface area contributed by atoms with E-state index in [1.807, 2.05) is 12.1 Å². The Morgan fingerprint density at radius 2 is 2.06 bits per heavy atom. The lowest BCUT2D eigenvalue weighted by Crippen LogP contribution is -2.44. The van der Waals surface area contributed by atoms with Crippen LogP contribution in [0.3, 0.4) is 0 Å². The van der Waals surface area contributed by atoms with Gasteiger partial charge in [-0.15, -0.1) is 0 Å². The van der Waals surface area contributed by atoms with Crippen molar-refractivity contribution in [3.05, 3.63) is 29.3 Å². The first kappa shape index (κ1) is 12.9. The third kappa shape index (κ3) is 2.83. The Labute approximate surface area is 109 Å². The number of piperazine rings is 1. The number of nitrogens with zero attached hydrogens (tertiary/aromatic N) is 2. The minimum absolute atomic E-state index is 0.612. The van der Waals surface area contributed by atoms with Gasteiger partial charge in [0.15, 0.2) is 0 Å². The summed E-state index contributed by atoms with van der Waals surface area (Å²) in [5.41, 5.74) is 3.29. The van der Waals surface area contributed by atoms with Crippen LogP contribution in [-0.4, -0.2) is 26.2 Å². The number of hydrogen-bond acceptors (Lipinski definition) is 3. The van der Waals surface area contributed by atoms with Crippen LogP contribution in [0, 0.1) is 17.2 Å². The Morgan fingerprint density at radius 1 is 1.33 bits per heavy atom. The normalized spacial score (nSPS) is 15.8. The smallest absolute Gasteiger partial charge is 0.101 e. The lowest BCUT2D eigenvalue weighted by Gasteiger charge is -2.32. The Morgan fingerprint density at radius 3 is 2.67 bits per heavy atom. The highest BCUT2D eigenvalue weighted by Gasteiger charge is 2.18. The lowest BCUT2D eigenvalue weighted by molar-refractivity contribution is 0.583. The Kier molecular flexibility index (Phi) is 4.22. The summed E-state index contributed by atoms with van der Waals surface area (Å²) in [6.45, 7) is 8.43. The first-order valence-corrected chi connectivity index (χ1v) is 6.70. The molecule has 1 aliphatic rings. The fraction of sp³-hybridized carbons (Fsp3) is 0.533. The molecule has 0 atom stereocenters. The Balaban J connectivity index is 2.37. The molecule has 0 unspecified atom stereocenters. The van der Waals surface area contributed by atoms with Crippen LogP contribution in [0.5, 0.6) is 0 Å². The molecule has 1 aromatic rings. The quantitative estimate of drug-likeness (QED) is 0.884. The number of anilines is 1. The van der Waals surface area contributed by atoms with Gasteiger partial charge in [-0.3, -0.25) is 0 Å². The molecule has 3 nitrogen and oxygen atoms in total. The molecule has 96 valence electrons. The van der Waals surface area contributed by atoms with E-state index < -0.39 is 0 Å². The first-order chi connectivity index (χ1) is 8.72. The van der Waals surface area contributed by atoms with Gasteiger partial charge in [0.05, 0.1) is 11.3 Å². The van der Waals surface area contributed by atoms with Crippen LogP contribution in [0.15, 0.2) is 18.2 Å². The van der Waals surface area contributed by atoms with Gasteiger partial charge in [-0.2, -0.15) is 5.26 Å². The van der Waals surface area contributed by atoms with Gasteiger partial charge in [0.25, 0.3) is 0 Å². The summed E-state index contributed by atoms with van der Waals surface area (Å²) in [5, 5.41) is 12.7. The molecule has 0 amide bonds. The third-order valence-corrected chi connectivity index (χ3v) is 3.30. The van der Waals surface area contributed by atoms with Gasteiger partial charge in [0.1, 0.15) is 6.07 Å². The average molecular weight is 243 g/mol.